The zero-order valence-electron chi connectivity index (χ0n) is 18.8. The number of aromatic nitrogens is 2. The van der Waals surface area contributed by atoms with E-state index in [0.29, 0.717) is 36.6 Å². The Kier molecular flexibility index (Phi) is 6.72. The summed E-state index contributed by atoms with van der Waals surface area (Å²) in [5, 5.41) is 9.99. The monoisotopic (exact) mass is 449 g/mol. The summed E-state index contributed by atoms with van der Waals surface area (Å²) in [4.78, 5) is 27.2. The number of amides is 3. The van der Waals surface area contributed by atoms with E-state index >= 15 is 0 Å². The molecule has 1 fully saturated rings. The number of rotatable bonds is 5. The van der Waals surface area contributed by atoms with Gasteiger partial charge in [0.05, 0.1) is 17.5 Å². The summed E-state index contributed by atoms with van der Waals surface area (Å²) in [6.07, 6.45) is 3.29. The second-order valence-electron chi connectivity index (χ2n) is 8.47. The van der Waals surface area contributed by atoms with Crippen molar-refractivity contribution in [1.29, 1.82) is 0 Å². The predicted molar refractivity (Wildman–Crippen MR) is 125 cm³/mol. The molecule has 3 amide bonds. The van der Waals surface area contributed by atoms with Crippen molar-refractivity contribution in [3.8, 4) is 5.69 Å². The Bertz CT molecular complexity index is 1140. The van der Waals surface area contributed by atoms with Crippen LogP contribution in [0.25, 0.3) is 5.69 Å². The minimum atomic E-state index is -0.393. The van der Waals surface area contributed by atoms with E-state index in [0.717, 1.165) is 24.1 Å². The van der Waals surface area contributed by atoms with Gasteiger partial charge in [-0.15, -0.1) is 0 Å². The summed E-state index contributed by atoms with van der Waals surface area (Å²) in [6.45, 7) is 5.44. The Labute approximate surface area is 192 Å². The van der Waals surface area contributed by atoms with E-state index in [9.17, 15) is 14.0 Å². The Balaban J connectivity index is 1.35. The number of anilines is 1. The van der Waals surface area contributed by atoms with Crippen LogP contribution in [0.3, 0.4) is 0 Å². The lowest BCUT2D eigenvalue weighted by Crippen LogP contribution is -2.44. The van der Waals surface area contributed by atoms with Gasteiger partial charge in [-0.1, -0.05) is 29.8 Å². The number of aryl methyl sites for hydroxylation is 1. The van der Waals surface area contributed by atoms with Crippen LogP contribution in [0.4, 0.5) is 14.9 Å². The zero-order valence-corrected chi connectivity index (χ0v) is 18.8. The summed E-state index contributed by atoms with van der Waals surface area (Å²) in [5.41, 5.74) is 3.24. The average molecular weight is 450 g/mol. The second-order valence-corrected chi connectivity index (χ2v) is 8.47. The fraction of sp³-hybridized carbons (Fsp3) is 0.320. The van der Waals surface area contributed by atoms with E-state index in [2.05, 4.69) is 15.7 Å². The third-order valence-corrected chi connectivity index (χ3v) is 5.99. The molecule has 0 saturated carbocycles. The van der Waals surface area contributed by atoms with Gasteiger partial charge in [0, 0.05) is 25.3 Å². The maximum Gasteiger partial charge on any atom is 0.319 e. The highest BCUT2D eigenvalue weighted by atomic mass is 19.1. The van der Waals surface area contributed by atoms with Crippen molar-refractivity contribution in [2.75, 3.05) is 25.0 Å². The molecule has 172 valence electrons. The van der Waals surface area contributed by atoms with Crippen LogP contribution in [0.2, 0.25) is 0 Å². The van der Waals surface area contributed by atoms with Crippen molar-refractivity contribution >= 4 is 17.6 Å². The SMILES string of the molecule is Cc1ccc(NC(=O)NCC2CCCN(C(=O)c3cnn(-c4ccccc4F)c3C)C2)cc1. The third-order valence-electron chi connectivity index (χ3n) is 5.99. The largest absolute Gasteiger partial charge is 0.338 e. The number of para-hydroxylation sites is 1. The van der Waals surface area contributed by atoms with Gasteiger partial charge in [0.2, 0.25) is 0 Å². The molecule has 1 aliphatic heterocycles. The van der Waals surface area contributed by atoms with Crippen molar-refractivity contribution in [1.82, 2.24) is 20.0 Å². The number of benzene rings is 2. The van der Waals surface area contributed by atoms with Crippen LogP contribution in [0.1, 0.15) is 34.5 Å². The fourth-order valence-electron chi connectivity index (χ4n) is 4.12. The van der Waals surface area contributed by atoms with Crippen LogP contribution in [0, 0.1) is 25.6 Å². The van der Waals surface area contributed by atoms with Gasteiger partial charge in [-0.3, -0.25) is 4.79 Å². The van der Waals surface area contributed by atoms with Crippen LogP contribution in [-0.2, 0) is 0 Å². The molecular formula is C25H28FN5O2. The lowest BCUT2D eigenvalue weighted by molar-refractivity contribution is 0.0674. The van der Waals surface area contributed by atoms with Crippen LogP contribution in [0.15, 0.2) is 54.7 Å². The quantitative estimate of drug-likeness (QED) is 0.610. The number of urea groups is 1. The minimum absolute atomic E-state index is 0.121. The topological polar surface area (TPSA) is 79.3 Å². The van der Waals surface area contributed by atoms with E-state index in [4.69, 9.17) is 0 Å². The van der Waals surface area contributed by atoms with Crippen LogP contribution >= 0.6 is 0 Å². The number of nitrogens with zero attached hydrogens (tertiary/aromatic N) is 3. The first kappa shape index (κ1) is 22.5. The summed E-state index contributed by atoms with van der Waals surface area (Å²) in [7, 11) is 0. The van der Waals surface area contributed by atoms with E-state index < -0.39 is 5.82 Å². The Morgan fingerprint density at radius 2 is 1.88 bits per heavy atom. The molecule has 1 atom stereocenters. The molecule has 1 unspecified atom stereocenters. The first-order valence-corrected chi connectivity index (χ1v) is 11.1. The average Bonchev–Trinajstić information content (AvgIpc) is 3.20. The molecule has 2 aromatic carbocycles. The van der Waals surface area contributed by atoms with Gasteiger partial charge in [0.1, 0.15) is 11.5 Å². The molecule has 1 aromatic heterocycles. The standard InChI is InChI=1S/C25H28FN5O2/c1-17-9-11-20(12-10-17)29-25(33)27-14-19-6-5-13-30(16-19)24(32)21-15-28-31(18(21)2)23-8-4-3-7-22(23)26/h3-4,7-12,15,19H,5-6,13-14,16H2,1-2H3,(H2,27,29,33). The summed E-state index contributed by atoms with van der Waals surface area (Å²) < 4.78 is 15.6. The third kappa shape index (κ3) is 5.22. The maximum absolute atomic E-state index is 14.2. The van der Waals surface area contributed by atoms with Crippen LogP contribution in [-0.4, -0.2) is 46.3 Å². The van der Waals surface area contributed by atoms with Crippen LogP contribution < -0.4 is 10.6 Å². The number of nitrogens with one attached hydrogen (secondary N) is 2. The van der Waals surface area contributed by atoms with Crippen LogP contribution in [0.5, 0.6) is 0 Å². The molecule has 0 aliphatic carbocycles. The minimum Gasteiger partial charge on any atom is -0.338 e. The number of hydrogen-bond acceptors (Lipinski definition) is 3. The highest BCUT2D eigenvalue weighted by molar-refractivity contribution is 5.95. The van der Waals surface area contributed by atoms with Gasteiger partial charge in [-0.25, -0.2) is 13.9 Å². The normalized spacial score (nSPS) is 15.8. The molecule has 33 heavy (non-hydrogen) atoms. The first-order chi connectivity index (χ1) is 15.9. The predicted octanol–water partition coefficient (Wildman–Crippen LogP) is 4.30. The number of likely N-dealkylation sites (tertiary alicyclic amines) is 1. The van der Waals surface area contributed by atoms with E-state index in [1.165, 1.54) is 16.9 Å². The molecule has 0 radical (unpaired) electrons. The fourth-order valence-corrected chi connectivity index (χ4v) is 4.12. The first-order valence-electron chi connectivity index (χ1n) is 11.1. The van der Waals surface area contributed by atoms with E-state index in [1.807, 2.05) is 31.2 Å². The highest BCUT2D eigenvalue weighted by Crippen LogP contribution is 2.22. The van der Waals surface area contributed by atoms with E-state index in [1.54, 1.807) is 30.0 Å². The molecule has 7 nitrogen and oxygen atoms in total. The molecule has 0 spiro atoms. The molecule has 3 aromatic rings. The van der Waals surface area contributed by atoms with Gasteiger partial charge >= 0.3 is 6.03 Å². The summed E-state index contributed by atoms with van der Waals surface area (Å²) in [5.74, 6) is -0.354. The maximum atomic E-state index is 14.2. The molecule has 1 saturated heterocycles. The Morgan fingerprint density at radius 1 is 1.12 bits per heavy atom. The molecule has 2 N–H and O–H groups in total. The van der Waals surface area contributed by atoms with Gasteiger partial charge < -0.3 is 15.5 Å². The number of carbonyl (C=O) groups excluding carboxylic acids is 2. The highest BCUT2D eigenvalue weighted by Gasteiger charge is 2.27. The zero-order chi connectivity index (χ0) is 23.4. The van der Waals surface area contributed by atoms with Crippen molar-refractivity contribution < 1.29 is 14.0 Å². The van der Waals surface area contributed by atoms with Gasteiger partial charge in [0.15, 0.2) is 0 Å². The lowest BCUT2D eigenvalue weighted by Gasteiger charge is -2.32. The Hall–Kier alpha value is -3.68. The van der Waals surface area contributed by atoms with Gasteiger partial charge in [0.25, 0.3) is 5.91 Å². The van der Waals surface area contributed by atoms with Crippen molar-refractivity contribution in [2.24, 2.45) is 5.92 Å². The van der Waals surface area contributed by atoms with Gasteiger partial charge in [-0.05, 0) is 56.9 Å². The van der Waals surface area contributed by atoms with Crippen molar-refractivity contribution in [2.45, 2.75) is 26.7 Å². The number of halogens is 1. The molecular weight excluding hydrogens is 421 g/mol. The molecule has 4 rings (SSSR count). The molecule has 2 heterocycles. The molecule has 8 heteroatoms. The number of carbonyl (C=O) groups is 2. The van der Waals surface area contributed by atoms with E-state index in [-0.39, 0.29) is 17.9 Å². The number of piperidine rings is 1. The summed E-state index contributed by atoms with van der Waals surface area (Å²) >= 11 is 0. The number of hydrogen-bond donors (Lipinski definition) is 2. The van der Waals surface area contributed by atoms with Gasteiger partial charge in [-0.2, -0.15) is 5.10 Å². The Morgan fingerprint density at radius 3 is 2.64 bits per heavy atom. The lowest BCUT2D eigenvalue weighted by atomic mass is 9.97. The summed E-state index contributed by atoms with van der Waals surface area (Å²) in [6, 6.07) is 13.7. The van der Waals surface area contributed by atoms with Crippen molar-refractivity contribution in [3.63, 3.8) is 0 Å². The molecule has 1 aliphatic rings. The second kappa shape index (κ2) is 9.85. The molecule has 0 bridgehead atoms. The smallest absolute Gasteiger partial charge is 0.319 e. The van der Waals surface area contributed by atoms with Crippen molar-refractivity contribution in [3.05, 3.63) is 77.4 Å².